The molecule has 0 unspecified atom stereocenters. The number of piperidine rings is 1. The number of H-pyrrole nitrogens is 1. The highest BCUT2D eigenvalue weighted by Crippen LogP contribution is 2.38. The Balaban J connectivity index is 1.98. The lowest BCUT2D eigenvalue weighted by molar-refractivity contribution is 0.236. The number of anilines is 1. The first-order valence-corrected chi connectivity index (χ1v) is 14.5. The molecule has 2 heterocycles. The topological polar surface area (TPSA) is 255 Å². The predicted octanol–water partition coefficient (Wildman–Crippen LogP) is -1.26. The lowest BCUT2D eigenvalue weighted by Crippen LogP contribution is -2.41. The average Bonchev–Trinajstić information content (AvgIpc) is 3.23. The van der Waals surface area contributed by atoms with Gasteiger partial charge >= 0.3 is 0 Å². The first-order valence-electron chi connectivity index (χ1n) is 11.4. The molecule has 12 N–H and O–H groups in total. The zero-order chi connectivity index (χ0) is 27.0. The van der Waals surface area contributed by atoms with E-state index >= 15 is 0 Å². The minimum atomic E-state index is -4.64. The van der Waals surface area contributed by atoms with Crippen molar-refractivity contribution in [1.82, 2.24) is 20.4 Å². The number of nitrogens with one attached hydrogen (secondary N) is 2. The zero-order valence-corrected chi connectivity index (χ0v) is 21.5. The van der Waals surface area contributed by atoms with E-state index in [4.69, 9.17) is 28.2 Å². The van der Waals surface area contributed by atoms with Crippen molar-refractivity contribution in [3.05, 3.63) is 35.9 Å². The van der Waals surface area contributed by atoms with Crippen molar-refractivity contribution < 1.29 is 16.8 Å². The summed E-state index contributed by atoms with van der Waals surface area (Å²) in [6.07, 6.45) is 0.618. The maximum absolute atomic E-state index is 13.8. The fraction of sp³-hybridized carbons (Fsp3) is 0.333. The van der Waals surface area contributed by atoms with Gasteiger partial charge in [-0.05, 0) is 43.6 Å². The SMILES string of the molecule is NCCN1CCC(S(=O)(=O)c2ccc(-c3cccc4[nH]c(N)nc34)c(/C(N)=N/NN)c2S(N)(=O)=O)CC1. The number of aromatic nitrogens is 2. The molecule has 37 heavy (non-hydrogen) atoms. The van der Waals surface area contributed by atoms with Crippen molar-refractivity contribution in [1.29, 1.82) is 0 Å². The van der Waals surface area contributed by atoms with Crippen molar-refractivity contribution >= 4 is 42.7 Å². The summed E-state index contributed by atoms with van der Waals surface area (Å²) in [5, 5.41) is 8.55. The van der Waals surface area contributed by atoms with Crippen LogP contribution in [0.2, 0.25) is 0 Å². The molecule has 14 nitrogen and oxygen atoms in total. The Kier molecular flexibility index (Phi) is 7.40. The Bertz CT molecular complexity index is 1560. The van der Waals surface area contributed by atoms with Crippen molar-refractivity contribution in [2.75, 3.05) is 31.9 Å². The average molecular weight is 551 g/mol. The van der Waals surface area contributed by atoms with E-state index in [-0.39, 0.29) is 22.9 Å². The van der Waals surface area contributed by atoms with Crippen LogP contribution in [0.15, 0.2) is 45.2 Å². The van der Waals surface area contributed by atoms with Crippen LogP contribution in [0.3, 0.4) is 0 Å². The number of hydrazone groups is 1. The van der Waals surface area contributed by atoms with Crippen LogP contribution in [0.1, 0.15) is 18.4 Å². The van der Waals surface area contributed by atoms with Crippen LogP contribution >= 0.6 is 0 Å². The number of sulfone groups is 1. The Hall–Kier alpha value is -3.28. The summed E-state index contributed by atoms with van der Waals surface area (Å²) in [5.74, 6) is 5.09. The molecule has 1 aliphatic heterocycles. The second-order valence-electron chi connectivity index (χ2n) is 8.69. The molecule has 0 amide bonds. The molecule has 0 aliphatic carbocycles. The van der Waals surface area contributed by atoms with E-state index in [9.17, 15) is 16.8 Å². The third kappa shape index (κ3) is 5.11. The minimum Gasteiger partial charge on any atom is -0.382 e. The van der Waals surface area contributed by atoms with E-state index < -0.39 is 34.9 Å². The van der Waals surface area contributed by atoms with Crippen molar-refractivity contribution in [3.8, 4) is 11.1 Å². The molecule has 0 spiro atoms. The monoisotopic (exact) mass is 550 g/mol. The number of likely N-dealkylation sites (tertiary alicyclic amines) is 1. The quantitative estimate of drug-likeness (QED) is 0.0753. The number of benzene rings is 2. The van der Waals surface area contributed by atoms with Gasteiger partial charge in [-0.25, -0.2) is 38.3 Å². The molecule has 200 valence electrons. The second kappa shape index (κ2) is 10.2. The van der Waals surface area contributed by atoms with Crippen LogP contribution in [-0.2, 0) is 19.9 Å². The number of hydrogen-bond donors (Lipinski definition) is 7. The lowest BCUT2D eigenvalue weighted by atomic mass is 9.97. The molecular formula is C21H30N10O4S2. The van der Waals surface area contributed by atoms with Crippen LogP contribution in [0, 0.1) is 0 Å². The highest BCUT2D eigenvalue weighted by Gasteiger charge is 2.37. The van der Waals surface area contributed by atoms with E-state index in [2.05, 4.69) is 20.0 Å². The van der Waals surface area contributed by atoms with Gasteiger partial charge in [0.15, 0.2) is 21.6 Å². The second-order valence-corrected chi connectivity index (χ2v) is 12.4. The number of hydrogen-bond acceptors (Lipinski definition) is 11. The maximum atomic E-state index is 13.8. The number of rotatable bonds is 8. The van der Waals surface area contributed by atoms with Crippen LogP contribution < -0.4 is 33.7 Å². The highest BCUT2D eigenvalue weighted by atomic mass is 32.2. The van der Waals surface area contributed by atoms with Crippen LogP contribution in [0.5, 0.6) is 0 Å². The Morgan fingerprint density at radius 1 is 1.14 bits per heavy atom. The molecule has 3 aromatic rings. The highest BCUT2D eigenvalue weighted by molar-refractivity contribution is 7.94. The van der Waals surface area contributed by atoms with Gasteiger partial charge < -0.3 is 27.1 Å². The molecule has 0 atom stereocenters. The molecule has 4 rings (SSSR count). The van der Waals surface area contributed by atoms with Gasteiger partial charge in [-0.1, -0.05) is 18.2 Å². The van der Waals surface area contributed by atoms with Crippen molar-refractivity contribution in [3.63, 3.8) is 0 Å². The summed E-state index contributed by atoms with van der Waals surface area (Å²) >= 11 is 0. The largest absolute Gasteiger partial charge is 0.382 e. The number of nitrogens with two attached hydrogens (primary N) is 5. The number of fused-ring (bicyclic) bond motifs is 1. The maximum Gasteiger partial charge on any atom is 0.240 e. The van der Waals surface area contributed by atoms with Gasteiger partial charge in [0.25, 0.3) is 0 Å². The number of hydrazine groups is 1. The first kappa shape index (κ1) is 26.8. The number of aromatic amines is 1. The fourth-order valence-corrected chi connectivity index (χ4v) is 8.10. The van der Waals surface area contributed by atoms with E-state index in [0.717, 1.165) is 0 Å². The molecular weight excluding hydrogens is 520 g/mol. The zero-order valence-electron chi connectivity index (χ0n) is 19.9. The third-order valence-electron chi connectivity index (χ3n) is 6.39. The van der Waals surface area contributed by atoms with E-state index in [1.165, 1.54) is 12.1 Å². The summed E-state index contributed by atoms with van der Waals surface area (Å²) in [5.41, 5.74) is 21.1. The Morgan fingerprint density at radius 2 is 1.84 bits per heavy atom. The van der Waals surface area contributed by atoms with Gasteiger partial charge in [0.2, 0.25) is 10.0 Å². The molecule has 0 radical (unpaired) electrons. The summed E-state index contributed by atoms with van der Waals surface area (Å²) in [6.45, 7) is 2.14. The lowest BCUT2D eigenvalue weighted by Gasteiger charge is -2.31. The Labute approximate surface area is 214 Å². The molecule has 0 bridgehead atoms. The van der Waals surface area contributed by atoms with E-state index in [1.807, 2.05) is 5.53 Å². The van der Waals surface area contributed by atoms with Crippen molar-refractivity contribution in [2.45, 2.75) is 27.9 Å². The first-order chi connectivity index (χ1) is 17.5. The molecule has 2 aromatic carbocycles. The van der Waals surface area contributed by atoms with E-state index in [0.29, 0.717) is 55.6 Å². The number of sulfonamides is 1. The van der Waals surface area contributed by atoms with Gasteiger partial charge in [0.05, 0.1) is 21.2 Å². The number of primary sulfonamides is 1. The fourth-order valence-electron chi connectivity index (χ4n) is 4.75. The standard InChI is InChI=1S/C21H30N10O4S2/c22-8-11-31-9-6-12(7-10-31)36(32,33)16-5-4-13(14-2-1-3-15-18(14)28-21(24)27-15)17(20(23)29-30-25)19(16)37(26,34)35/h1-5,12,30H,6-11,22,25H2,(H2,23,29)(H3,24,27,28)(H2,26,34,35). The van der Waals surface area contributed by atoms with Crippen LogP contribution in [-0.4, -0.2) is 69.0 Å². The van der Waals surface area contributed by atoms with Gasteiger partial charge in [-0.2, -0.15) is 0 Å². The predicted molar refractivity (Wildman–Crippen MR) is 141 cm³/mol. The molecule has 1 aromatic heterocycles. The van der Waals surface area contributed by atoms with Crippen LogP contribution in [0.4, 0.5) is 5.95 Å². The number of nitrogen functional groups attached to an aromatic ring is 1. The summed E-state index contributed by atoms with van der Waals surface area (Å²) in [4.78, 5) is 8.14. The number of imidazole rings is 1. The minimum absolute atomic E-state index is 0.140. The number of para-hydroxylation sites is 1. The smallest absolute Gasteiger partial charge is 0.240 e. The summed E-state index contributed by atoms with van der Waals surface area (Å²) in [6, 6.07) is 7.79. The summed E-state index contributed by atoms with van der Waals surface area (Å²) in [7, 11) is -8.78. The van der Waals surface area contributed by atoms with Gasteiger partial charge in [0.1, 0.15) is 4.90 Å². The van der Waals surface area contributed by atoms with Crippen molar-refractivity contribution in [2.24, 2.45) is 27.6 Å². The Morgan fingerprint density at radius 3 is 2.46 bits per heavy atom. The molecule has 1 aliphatic rings. The summed E-state index contributed by atoms with van der Waals surface area (Å²) < 4.78 is 53.6. The van der Waals surface area contributed by atoms with Gasteiger partial charge in [-0.15, -0.1) is 5.10 Å². The number of nitrogens with zero attached hydrogens (tertiary/aromatic N) is 3. The van der Waals surface area contributed by atoms with Gasteiger partial charge in [0, 0.05) is 24.2 Å². The van der Waals surface area contributed by atoms with Crippen LogP contribution in [0.25, 0.3) is 22.2 Å². The van der Waals surface area contributed by atoms with Gasteiger partial charge in [-0.3, -0.25) is 0 Å². The molecule has 1 fully saturated rings. The normalized spacial score (nSPS) is 16.4. The number of amidine groups is 1. The molecule has 0 saturated carbocycles. The third-order valence-corrected chi connectivity index (χ3v) is 9.82. The van der Waals surface area contributed by atoms with E-state index in [1.54, 1.807) is 18.2 Å². The molecule has 16 heteroatoms. The molecule has 1 saturated heterocycles.